The summed E-state index contributed by atoms with van der Waals surface area (Å²) in [5.74, 6) is 1.73. The second kappa shape index (κ2) is 9.90. The number of nitrogens with zero attached hydrogens (tertiary/aromatic N) is 7. The van der Waals surface area contributed by atoms with Crippen molar-refractivity contribution in [2.75, 3.05) is 22.9 Å². The van der Waals surface area contributed by atoms with Gasteiger partial charge in [0.15, 0.2) is 5.75 Å². The van der Waals surface area contributed by atoms with Crippen molar-refractivity contribution in [3.05, 3.63) is 108 Å². The Hall–Kier alpha value is -5.25. The van der Waals surface area contributed by atoms with E-state index in [-0.39, 0.29) is 11.7 Å². The molecule has 1 aliphatic rings. The lowest BCUT2D eigenvalue weighted by Gasteiger charge is -2.21. The number of hydrogen-bond acceptors (Lipinski definition) is 6. The summed E-state index contributed by atoms with van der Waals surface area (Å²) in [6, 6.07) is 20.5. The van der Waals surface area contributed by atoms with Crippen LogP contribution in [0.2, 0.25) is 0 Å². The third-order valence-corrected chi connectivity index (χ3v) is 6.72. The number of para-hydroxylation sites is 1. The topological polar surface area (TPSA) is 98.4 Å². The predicted octanol–water partition coefficient (Wildman–Crippen LogP) is 4.58. The van der Waals surface area contributed by atoms with E-state index in [2.05, 4.69) is 15.1 Å². The van der Waals surface area contributed by atoms with E-state index >= 15 is 0 Å². The number of hydrogen-bond donors (Lipinski definition) is 0. The van der Waals surface area contributed by atoms with Crippen LogP contribution in [-0.4, -0.2) is 43.4 Å². The molecular weight excluding hydrogens is 494 g/mol. The molecule has 0 aliphatic carbocycles. The molecule has 39 heavy (non-hydrogen) atoms. The van der Waals surface area contributed by atoms with Gasteiger partial charge in [-0.2, -0.15) is 5.10 Å². The minimum atomic E-state index is -0.284. The molecule has 0 spiro atoms. The van der Waals surface area contributed by atoms with E-state index in [0.717, 1.165) is 22.4 Å². The second-order valence-electron chi connectivity index (χ2n) is 9.11. The van der Waals surface area contributed by atoms with Crippen LogP contribution in [0.4, 0.5) is 16.3 Å². The summed E-state index contributed by atoms with van der Waals surface area (Å²) in [7, 11) is 1.60. The number of anilines is 2. The van der Waals surface area contributed by atoms with E-state index in [9.17, 15) is 9.59 Å². The molecule has 0 saturated carbocycles. The highest BCUT2D eigenvalue weighted by Crippen LogP contribution is 2.36. The molecule has 10 heteroatoms. The fourth-order valence-electron chi connectivity index (χ4n) is 4.72. The Morgan fingerprint density at radius 1 is 0.897 bits per heavy atom. The Morgan fingerprint density at radius 3 is 2.46 bits per heavy atom. The van der Waals surface area contributed by atoms with Crippen molar-refractivity contribution in [3.63, 3.8) is 0 Å². The lowest BCUT2D eigenvalue weighted by molar-refractivity contribution is 0.255. The molecule has 6 rings (SSSR count). The highest BCUT2D eigenvalue weighted by atomic mass is 16.5. The molecule has 0 unspecified atom stereocenters. The molecule has 2 aromatic carbocycles. The van der Waals surface area contributed by atoms with Gasteiger partial charge in [-0.15, -0.1) is 0 Å². The molecular formula is C29H25N7O3. The van der Waals surface area contributed by atoms with E-state index in [1.807, 2.05) is 73.7 Å². The first-order chi connectivity index (χ1) is 19.0. The number of rotatable bonds is 6. The average Bonchev–Trinajstić information content (AvgIpc) is 3.51. The van der Waals surface area contributed by atoms with Gasteiger partial charge in [-0.3, -0.25) is 14.8 Å². The molecule has 1 fully saturated rings. The molecule has 0 radical (unpaired) electrons. The van der Waals surface area contributed by atoms with E-state index in [1.54, 1.807) is 35.4 Å². The maximum Gasteiger partial charge on any atom is 0.350 e. The third kappa shape index (κ3) is 4.42. The molecule has 0 bridgehead atoms. The monoisotopic (exact) mass is 519 g/mol. The molecule has 10 nitrogen and oxygen atoms in total. The SMILES string of the molecule is Cc1c(-c2ccc(-n3cnn(C)c3=O)c(Oc3ccccc3)c2)ccnc1N1CCN(c2cccnc2)C1=O. The summed E-state index contributed by atoms with van der Waals surface area (Å²) in [5.41, 5.74) is 3.65. The zero-order valence-electron chi connectivity index (χ0n) is 21.4. The number of aromatic nitrogens is 5. The Morgan fingerprint density at radius 2 is 1.72 bits per heavy atom. The molecule has 1 saturated heterocycles. The van der Waals surface area contributed by atoms with Crippen molar-refractivity contribution in [1.82, 2.24) is 24.3 Å². The van der Waals surface area contributed by atoms with Crippen LogP contribution in [0.3, 0.4) is 0 Å². The second-order valence-corrected chi connectivity index (χ2v) is 9.11. The smallest absolute Gasteiger partial charge is 0.350 e. The first-order valence-electron chi connectivity index (χ1n) is 12.4. The Kier molecular flexibility index (Phi) is 6.12. The van der Waals surface area contributed by atoms with Gasteiger partial charge in [-0.25, -0.2) is 23.8 Å². The van der Waals surface area contributed by atoms with Gasteiger partial charge in [-0.05, 0) is 66.1 Å². The molecule has 4 heterocycles. The Balaban J connectivity index is 1.39. The predicted molar refractivity (Wildman–Crippen MR) is 148 cm³/mol. The fourth-order valence-corrected chi connectivity index (χ4v) is 4.72. The summed E-state index contributed by atoms with van der Waals surface area (Å²) in [6.45, 7) is 3.00. The standard InChI is InChI=1S/C29H25N7O3/c1-20-24(12-14-31-27(20)35-16-15-34(29(35)38)22-7-6-13-30-18-22)21-10-11-25(36-19-32-33(2)28(36)37)26(17-21)39-23-8-4-3-5-9-23/h3-14,17-19H,15-16H2,1-2H3. The van der Waals surface area contributed by atoms with Crippen LogP contribution in [0.5, 0.6) is 11.5 Å². The van der Waals surface area contributed by atoms with Crippen LogP contribution in [0.15, 0.2) is 96.4 Å². The van der Waals surface area contributed by atoms with E-state index in [1.165, 1.54) is 15.6 Å². The minimum absolute atomic E-state index is 0.143. The number of aryl methyl sites for hydroxylation is 1. The van der Waals surface area contributed by atoms with Gasteiger partial charge < -0.3 is 4.74 Å². The lowest BCUT2D eigenvalue weighted by atomic mass is 10.0. The number of pyridine rings is 2. The maximum absolute atomic E-state index is 13.3. The van der Waals surface area contributed by atoms with Crippen molar-refractivity contribution in [1.29, 1.82) is 0 Å². The number of carbonyl (C=O) groups excluding carboxylic acids is 1. The first kappa shape index (κ1) is 24.1. The number of carbonyl (C=O) groups is 1. The van der Waals surface area contributed by atoms with Crippen molar-refractivity contribution >= 4 is 17.5 Å². The maximum atomic E-state index is 13.3. The van der Waals surface area contributed by atoms with Crippen LogP contribution < -0.4 is 20.2 Å². The molecule has 5 aromatic rings. The number of benzene rings is 2. The summed E-state index contributed by atoms with van der Waals surface area (Å²) >= 11 is 0. The summed E-state index contributed by atoms with van der Waals surface area (Å²) < 4.78 is 8.96. The zero-order valence-corrected chi connectivity index (χ0v) is 21.4. The fraction of sp³-hybridized carbons (Fsp3) is 0.138. The van der Waals surface area contributed by atoms with Crippen molar-refractivity contribution < 1.29 is 9.53 Å². The normalized spacial score (nSPS) is 13.2. The molecule has 2 amide bonds. The minimum Gasteiger partial charge on any atom is -0.455 e. The van der Waals surface area contributed by atoms with Gasteiger partial charge in [-0.1, -0.05) is 24.3 Å². The third-order valence-electron chi connectivity index (χ3n) is 6.72. The molecule has 194 valence electrons. The van der Waals surface area contributed by atoms with E-state index in [4.69, 9.17) is 4.74 Å². The molecule has 0 N–H and O–H groups in total. The zero-order chi connectivity index (χ0) is 26.9. The van der Waals surface area contributed by atoms with Gasteiger partial charge >= 0.3 is 11.7 Å². The quantitative estimate of drug-likeness (QED) is 0.326. The van der Waals surface area contributed by atoms with Gasteiger partial charge in [0.25, 0.3) is 0 Å². The number of urea groups is 1. The highest BCUT2D eigenvalue weighted by Gasteiger charge is 2.33. The number of amides is 2. The van der Waals surface area contributed by atoms with Crippen LogP contribution in [0.25, 0.3) is 16.8 Å². The van der Waals surface area contributed by atoms with E-state index < -0.39 is 0 Å². The van der Waals surface area contributed by atoms with Crippen LogP contribution in [0.1, 0.15) is 5.56 Å². The molecule has 0 atom stereocenters. The van der Waals surface area contributed by atoms with Crippen LogP contribution >= 0.6 is 0 Å². The van der Waals surface area contributed by atoms with E-state index in [0.29, 0.717) is 36.1 Å². The van der Waals surface area contributed by atoms with Crippen molar-refractivity contribution in [2.24, 2.45) is 7.05 Å². The summed E-state index contributed by atoms with van der Waals surface area (Å²) in [5, 5.41) is 4.08. The van der Waals surface area contributed by atoms with Gasteiger partial charge in [0.1, 0.15) is 17.9 Å². The number of ether oxygens (including phenoxy) is 1. The largest absolute Gasteiger partial charge is 0.455 e. The van der Waals surface area contributed by atoms with Crippen LogP contribution in [-0.2, 0) is 7.05 Å². The summed E-state index contributed by atoms with van der Waals surface area (Å²) in [6.07, 6.45) is 6.54. The van der Waals surface area contributed by atoms with Crippen molar-refractivity contribution in [2.45, 2.75) is 6.92 Å². The summed E-state index contributed by atoms with van der Waals surface area (Å²) in [4.78, 5) is 38.1. The first-order valence-corrected chi connectivity index (χ1v) is 12.4. The van der Waals surface area contributed by atoms with Crippen molar-refractivity contribution in [3.8, 4) is 28.3 Å². The van der Waals surface area contributed by atoms with Gasteiger partial charge in [0, 0.05) is 32.5 Å². The highest BCUT2D eigenvalue weighted by molar-refractivity contribution is 6.06. The molecule has 1 aliphatic heterocycles. The lowest BCUT2D eigenvalue weighted by Crippen LogP contribution is -2.32. The Labute approximate surface area is 224 Å². The van der Waals surface area contributed by atoms with Crippen LogP contribution in [0, 0.1) is 6.92 Å². The average molecular weight is 520 g/mol. The van der Waals surface area contributed by atoms with Gasteiger partial charge in [0.2, 0.25) is 0 Å². The molecule has 3 aromatic heterocycles. The Bertz CT molecular complexity index is 1710. The van der Waals surface area contributed by atoms with Gasteiger partial charge in [0.05, 0.1) is 17.6 Å².